The van der Waals surface area contributed by atoms with Gasteiger partial charge in [0.25, 0.3) is 0 Å². The summed E-state index contributed by atoms with van der Waals surface area (Å²) in [5.41, 5.74) is 1.51. The lowest BCUT2D eigenvalue weighted by Crippen LogP contribution is -2.28. The van der Waals surface area contributed by atoms with Gasteiger partial charge in [-0.3, -0.25) is 15.0 Å². The maximum atomic E-state index is 12.4. The van der Waals surface area contributed by atoms with Crippen LogP contribution in [0.4, 0.5) is 13.2 Å². The van der Waals surface area contributed by atoms with Crippen LogP contribution in [0.1, 0.15) is 17.0 Å². The van der Waals surface area contributed by atoms with Crippen LogP contribution in [0.2, 0.25) is 0 Å². The Labute approximate surface area is 148 Å². The molecule has 2 atom stereocenters. The van der Waals surface area contributed by atoms with Crippen molar-refractivity contribution in [2.45, 2.75) is 24.9 Å². The predicted molar refractivity (Wildman–Crippen MR) is 88.4 cm³/mol. The quantitative estimate of drug-likeness (QED) is 0.596. The van der Waals surface area contributed by atoms with Gasteiger partial charge in [0.05, 0.1) is 12.5 Å². The molecule has 0 saturated carbocycles. The van der Waals surface area contributed by atoms with Crippen molar-refractivity contribution in [1.29, 1.82) is 0 Å². The summed E-state index contributed by atoms with van der Waals surface area (Å²) in [4.78, 5) is 13.1. The number of benzene rings is 2. The normalized spacial score (nSPS) is 20.9. The van der Waals surface area contributed by atoms with E-state index in [2.05, 4.69) is 4.74 Å². The van der Waals surface area contributed by atoms with Crippen LogP contribution in [-0.2, 0) is 6.54 Å². The van der Waals surface area contributed by atoms with Gasteiger partial charge in [0, 0.05) is 18.0 Å². The minimum absolute atomic E-state index is 0.247. The van der Waals surface area contributed by atoms with Crippen molar-refractivity contribution >= 4 is 0 Å². The van der Waals surface area contributed by atoms with Gasteiger partial charge in [0.1, 0.15) is 5.75 Å². The molecular weight excluding hydrogens is 349 g/mol. The summed E-state index contributed by atoms with van der Waals surface area (Å²) in [5, 5.41) is 11.5. The topological polar surface area (TPSA) is 55.6 Å². The molecule has 1 saturated heterocycles. The number of nitrogens with zero attached hydrogens (tertiary/aromatic N) is 2. The van der Waals surface area contributed by atoms with Crippen molar-refractivity contribution in [3.63, 3.8) is 0 Å². The second-order valence-corrected chi connectivity index (χ2v) is 6.26. The molecule has 0 amide bonds. The summed E-state index contributed by atoms with van der Waals surface area (Å²) in [6, 6.07) is 14.1. The molecule has 1 aliphatic rings. The Morgan fingerprint density at radius 1 is 1.12 bits per heavy atom. The predicted octanol–water partition coefficient (Wildman–Crippen LogP) is 3.83. The fraction of sp³-hybridized carbons (Fsp3) is 0.333. The third-order valence-electron chi connectivity index (χ3n) is 4.40. The molecule has 8 heteroatoms. The van der Waals surface area contributed by atoms with Crippen LogP contribution in [0.5, 0.6) is 5.75 Å². The lowest BCUT2D eigenvalue weighted by Gasteiger charge is -2.16. The number of hydrogen-bond donors (Lipinski definition) is 0. The minimum Gasteiger partial charge on any atom is -0.406 e. The number of nitro groups is 1. The van der Waals surface area contributed by atoms with Crippen molar-refractivity contribution in [3.05, 3.63) is 75.8 Å². The number of hydrogen-bond acceptors (Lipinski definition) is 4. The number of alkyl halides is 3. The Hall–Kier alpha value is -2.61. The van der Waals surface area contributed by atoms with Crippen LogP contribution in [0.15, 0.2) is 54.6 Å². The van der Waals surface area contributed by atoms with E-state index in [1.54, 1.807) is 6.07 Å². The fourth-order valence-electron chi connectivity index (χ4n) is 3.32. The molecule has 1 heterocycles. The Morgan fingerprint density at radius 2 is 1.85 bits per heavy atom. The van der Waals surface area contributed by atoms with Crippen molar-refractivity contribution < 1.29 is 22.8 Å². The van der Waals surface area contributed by atoms with Gasteiger partial charge in [-0.25, -0.2) is 0 Å². The summed E-state index contributed by atoms with van der Waals surface area (Å²) in [7, 11) is 0. The van der Waals surface area contributed by atoms with Gasteiger partial charge in [0.2, 0.25) is 6.04 Å². The second kappa shape index (κ2) is 7.33. The highest BCUT2D eigenvalue weighted by Gasteiger charge is 2.42. The average molecular weight is 366 g/mol. The summed E-state index contributed by atoms with van der Waals surface area (Å²) in [5.74, 6) is -0.857. The third-order valence-corrected chi connectivity index (χ3v) is 4.40. The van der Waals surface area contributed by atoms with E-state index in [1.807, 2.05) is 35.2 Å². The van der Waals surface area contributed by atoms with Gasteiger partial charge in [-0.2, -0.15) is 0 Å². The molecule has 0 aromatic heterocycles. The maximum absolute atomic E-state index is 12.4. The average Bonchev–Trinajstić information content (AvgIpc) is 2.99. The van der Waals surface area contributed by atoms with Crippen LogP contribution >= 0.6 is 0 Å². The molecule has 0 bridgehead atoms. The lowest BCUT2D eigenvalue weighted by molar-refractivity contribution is -0.521. The molecule has 0 unspecified atom stereocenters. The molecular formula is C18H17F3N2O3. The molecule has 5 nitrogen and oxygen atoms in total. The van der Waals surface area contributed by atoms with Gasteiger partial charge < -0.3 is 4.74 Å². The van der Waals surface area contributed by atoms with Gasteiger partial charge in [0.15, 0.2) is 0 Å². The molecule has 1 aliphatic heterocycles. The molecule has 2 aromatic rings. The van der Waals surface area contributed by atoms with E-state index >= 15 is 0 Å². The zero-order valence-corrected chi connectivity index (χ0v) is 13.7. The zero-order chi connectivity index (χ0) is 18.7. The van der Waals surface area contributed by atoms with Gasteiger partial charge in [-0.1, -0.05) is 42.5 Å². The monoisotopic (exact) mass is 366 g/mol. The van der Waals surface area contributed by atoms with Crippen LogP contribution in [0.3, 0.4) is 0 Å². The highest BCUT2D eigenvalue weighted by atomic mass is 19.4. The second-order valence-electron chi connectivity index (χ2n) is 6.26. The van der Waals surface area contributed by atoms with E-state index < -0.39 is 18.3 Å². The van der Waals surface area contributed by atoms with Crippen molar-refractivity contribution in [3.8, 4) is 5.75 Å². The molecule has 26 heavy (non-hydrogen) atoms. The molecule has 0 radical (unpaired) electrons. The minimum atomic E-state index is -4.80. The summed E-state index contributed by atoms with van der Waals surface area (Å²) < 4.78 is 41.2. The van der Waals surface area contributed by atoms with Gasteiger partial charge >= 0.3 is 6.36 Å². The largest absolute Gasteiger partial charge is 0.573 e. The van der Waals surface area contributed by atoms with E-state index in [9.17, 15) is 23.3 Å². The van der Waals surface area contributed by atoms with Crippen LogP contribution in [-0.4, -0.2) is 35.3 Å². The van der Waals surface area contributed by atoms with Crippen LogP contribution in [0, 0.1) is 10.1 Å². The summed E-state index contributed by atoms with van der Waals surface area (Å²) in [6.45, 7) is 1.20. The van der Waals surface area contributed by atoms with Crippen LogP contribution < -0.4 is 4.74 Å². The van der Waals surface area contributed by atoms with Crippen LogP contribution in [0.25, 0.3) is 0 Å². The standard InChI is InChI=1S/C18H17F3N2O3/c19-18(20,21)26-15-8-4-7-14(9-15)16-11-22(12-17(16)23(24)25)10-13-5-2-1-3-6-13/h1-9,16-17H,10-12H2/t16-,17+/m1/s1. The molecule has 138 valence electrons. The SMILES string of the molecule is O=[N+]([O-])[C@H]1CN(Cc2ccccc2)C[C@@H]1c1cccc(OC(F)(F)F)c1. The first-order valence-corrected chi connectivity index (χ1v) is 8.07. The fourth-order valence-corrected chi connectivity index (χ4v) is 3.32. The number of rotatable bonds is 5. The van der Waals surface area contributed by atoms with E-state index in [-0.39, 0.29) is 17.2 Å². The Kier molecular flexibility index (Phi) is 5.13. The van der Waals surface area contributed by atoms with E-state index in [4.69, 9.17) is 0 Å². The molecule has 0 N–H and O–H groups in total. The first kappa shape index (κ1) is 18.2. The first-order chi connectivity index (χ1) is 12.3. The van der Waals surface area contributed by atoms with Crippen molar-refractivity contribution in [2.24, 2.45) is 0 Å². The molecule has 2 aromatic carbocycles. The highest BCUT2D eigenvalue weighted by Crippen LogP contribution is 2.33. The molecule has 0 spiro atoms. The van der Waals surface area contributed by atoms with Crippen molar-refractivity contribution in [2.75, 3.05) is 13.1 Å². The summed E-state index contributed by atoms with van der Waals surface area (Å²) in [6.07, 6.45) is -4.80. The van der Waals surface area contributed by atoms with E-state index in [1.165, 1.54) is 18.2 Å². The van der Waals surface area contributed by atoms with Gasteiger partial charge in [-0.15, -0.1) is 13.2 Å². The first-order valence-electron chi connectivity index (χ1n) is 8.07. The molecule has 1 fully saturated rings. The number of ether oxygens (including phenoxy) is 1. The van der Waals surface area contributed by atoms with Crippen molar-refractivity contribution in [1.82, 2.24) is 4.90 Å². The lowest BCUT2D eigenvalue weighted by atomic mass is 9.94. The third kappa shape index (κ3) is 4.51. The Morgan fingerprint density at radius 3 is 2.50 bits per heavy atom. The highest BCUT2D eigenvalue weighted by molar-refractivity contribution is 5.33. The van der Waals surface area contributed by atoms with E-state index in [0.717, 1.165) is 5.56 Å². The van der Waals surface area contributed by atoms with Gasteiger partial charge in [-0.05, 0) is 23.3 Å². The molecule has 0 aliphatic carbocycles. The smallest absolute Gasteiger partial charge is 0.406 e. The molecule has 3 rings (SSSR count). The zero-order valence-electron chi connectivity index (χ0n) is 13.7. The number of halogens is 3. The maximum Gasteiger partial charge on any atom is 0.573 e. The number of likely N-dealkylation sites (tertiary alicyclic amines) is 1. The Balaban J connectivity index is 1.79. The van der Waals surface area contributed by atoms with E-state index in [0.29, 0.717) is 18.7 Å². The Bertz CT molecular complexity index is 768. The summed E-state index contributed by atoms with van der Waals surface area (Å²) >= 11 is 0.